The molecule has 0 aromatic rings. The number of ether oxygens (including phenoxy) is 1. The van der Waals surface area contributed by atoms with E-state index in [-0.39, 0.29) is 0 Å². The Morgan fingerprint density at radius 2 is 1.84 bits per heavy atom. The smallest absolute Gasteiger partial charge is 0.0619 e. The molecule has 112 valence electrons. The van der Waals surface area contributed by atoms with Gasteiger partial charge in [0.25, 0.3) is 0 Å². The van der Waals surface area contributed by atoms with Crippen LogP contribution in [0.5, 0.6) is 0 Å². The van der Waals surface area contributed by atoms with Crippen molar-refractivity contribution < 1.29 is 4.74 Å². The molecule has 0 aliphatic heterocycles. The summed E-state index contributed by atoms with van der Waals surface area (Å²) in [7, 11) is 0. The summed E-state index contributed by atoms with van der Waals surface area (Å²) in [5.74, 6) is 1.40. The minimum Gasteiger partial charge on any atom is -0.375 e. The summed E-state index contributed by atoms with van der Waals surface area (Å²) in [6, 6.07) is 0. The lowest BCUT2D eigenvalue weighted by Crippen LogP contribution is -2.38. The molecular formula is C17H33NO. The van der Waals surface area contributed by atoms with Gasteiger partial charge in [0.15, 0.2) is 0 Å². The predicted octanol–water partition coefficient (Wildman–Crippen LogP) is 4.13. The van der Waals surface area contributed by atoms with E-state index in [1.54, 1.807) is 0 Å². The number of rotatable bonds is 3. The van der Waals surface area contributed by atoms with Crippen LogP contribution in [-0.4, -0.2) is 18.8 Å². The van der Waals surface area contributed by atoms with E-state index in [1.165, 1.54) is 51.4 Å². The molecule has 2 saturated carbocycles. The van der Waals surface area contributed by atoms with Crippen LogP contribution in [0.1, 0.15) is 72.1 Å². The molecule has 0 radical (unpaired) electrons. The first kappa shape index (κ1) is 15.3. The van der Waals surface area contributed by atoms with Crippen molar-refractivity contribution in [3.63, 3.8) is 0 Å². The van der Waals surface area contributed by atoms with Crippen LogP contribution in [0, 0.1) is 17.3 Å². The molecular weight excluding hydrogens is 234 g/mol. The van der Waals surface area contributed by atoms with E-state index in [0.717, 1.165) is 12.5 Å². The van der Waals surface area contributed by atoms with E-state index in [1.807, 2.05) is 0 Å². The Labute approximate surface area is 119 Å². The quantitative estimate of drug-likeness (QED) is 0.780. The lowest BCUT2D eigenvalue weighted by atomic mass is 9.71. The van der Waals surface area contributed by atoms with E-state index in [2.05, 4.69) is 20.8 Å². The monoisotopic (exact) mass is 267 g/mol. The Kier molecular flexibility index (Phi) is 5.30. The molecule has 2 nitrogen and oxygen atoms in total. The predicted molar refractivity (Wildman–Crippen MR) is 81.1 cm³/mol. The van der Waals surface area contributed by atoms with Gasteiger partial charge in [-0.15, -0.1) is 0 Å². The minimum atomic E-state index is 0.429. The van der Waals surface area contributed by atoms with Crippen LogP contribution >= 0.6 is 0 Å². The van der Waals surface area contributed by atoms with Crippen molar-refractivity contribution in [2.24, 2.45) is 23.0 Å². The van der Waals surface area contributed by atoms with Gasteiger partial charge < -0.3 is 10.5 Å². The standard InChI is InChI=1S/C17H33NO/c1-13-9-15(11-17(2,3)10-13)19-16-8-6-4-5-7-14(16)12-18/h13-16H,4-12,18H2,1-3H3. The molecule has 0 spiro atoms. The first-order valence-electron chi connectivity index (χ1n) is 8.36. The molecule has 2 heteroatoms. The van der Waals surface area contributed by atoms with Crippen LogP contribution in [0.4, 0.5) is 0 Å². The maximum Gasteiger partial charge on any atom is 0.0619 e. The summed E-state index contributed by atoms with van der Waals surface area (Å²) in [6.07, 6.45) is 11.2. The molecule has 0 aromatic carbocycles. The fourth-order valence-electron chi connectivity index (χ4n) is 4.41. The summed E-state index contributed by atoms with van der Waals surface area (Å²) < 4.78 is 6.54. The molecule has 19 heavy (non-hydrogen) atoms. The molecule has 0 heterocycles. The van der Waals surface area contributed by atoms with E-state index < -0.39 is 0 Å². The molecule has 2 N–H and O–H groups in total. The first-order valence-corrected chi connectivity index (χ1v) is 8.36. The minimum absolute atomic E-state index is 0.429. The van der Waals surface area contributed by atoms with Crippen molar-refractivity contribution in [2.45, 2.75) is 84.3 Å². The molecule has 0 aromatic heterocycles. The molecule has 0 saturated heterocycles. The number of nitrogens with two attached hydrogens (primary N) is 1. The van der Waals surface area contributed by atoms with Crippen LogP contribution in [0.2, 0.25) is 0 Å². The highest BCUT2D eigenvalue weighted by molar-refractivity contribution is 4.85. The summed E-state index contributed by atoms with van der Waals surface area (Å²) in [4.78, 5) is 0. The second kappa shape index (κ2) is 6.58. The van der Waals surface area contributed by atoms with Crippen molar-refractivity contribution >= 4 is 0 Å². The van der Waals surface area contributed by atoms with Crippen molar-refractivity contribution in [1.29, 1.82) is 0 Å². The highest BCUT2D eigenvalue weighted by Gasteiger charge is 2.35. The third-order valence-electron chi connectivity index (χ3n) is 5.11. The SMILES string of the molecule is CC1CC(OC2CCCCCC2CN)CC(C)(C)C1. The molecule has 4 unspecified atom stereocenters. The highest BCUT2D eigenvalue weighted by Crippen LogP contribution is 2.41. The molecule has 2 rings (SSSR count). The van der Waals surface area contributed by atoms with Crippen molar-refractivity contribution in [3.05, 3.63) is 0 Å². The first-order chi connectivity index (χ1) is 9.00. The van der Waals surface area contributed by atoms with Gasteiger partial charge in [-0.2, -0.15) is 0 Å². The average molecular weight is 267 g/mol. The van der Waals surface area contributed by atoms with Crippen LogP contribution in [0.15, 0.2) is 0 Å². The van der Waals surface area contributed by atoms with Crippen LogP contribution in [0.3, 0.4) is 0 Å². The molecule has 2 fully saturated rings. The average Bonchev–Trinajstić information content (AvgIpc) is 2.51. The Morgan fingerprint density at radius 1 is 1.11 bits per heavy atom. The van der Waals surface area contributed by atoms with Gasteiger partial charge in [0.1, 0.15) is 0 Å². The highest BCUT2D eigenvalue weighted by atomic mass is 16.5. The van der Waals surface area contributed by atoms with Gasteiger partial charge >= 0.3 is 0 Å². The van der Waals surface area contributed by atoms with Gasteiger partial charge in [0.2, 0.25) is 0 Å². The van der Waals surface area contributed by atoms with Crippen molar-refractivity contribution in [1.82, 2.24) is 0 Å². The maximum atomic E-state index is 6.54. The van der Waals surface area contributed by atoms with Crippen LogP contribution in [0.25, 0.3) is 0 Å². The number of hydrogen-bond donors (Lipinski definition) is 1. The van der Waals surface area contributed by atoms with Gasteiger partial charge in [-0.25, -0.2) is 0 Å². The summed E-state index contributed by atoms with van der Waals surface area (Å²) in [5, 5.41) is 0. The molecule has 0 amide bonds. The lowest BCUT2D eigenvalue weighted by molar-refractivity contribution is -0.0866. The van der Waals surface area contributed by atoms with Gasteiger partial charge in [-0.3, -0.25) is 0 Å². The number of hydrogen-bond acceptors (Lipinski definition) is 2. The normalized spacial score (nSPS) is 39.8. The van der Waals surface area contributed by atoms with Crippen molar-refractivity contribution in [3.8, 4) is 0 Å². The second-order valence-electron chi connectivity index (χ2n) is 7.84. The molecule has 0 bridgehead atoms. The maximum absolute atomic E-state index is 6.54. The zero-order chi connectivity index (χ0) is 13.9. The largest absolute Gasteiger partial charge is 0.375 e. The molecule has 2 aliphatic rings. The van der Waals surface area contributed by atoms with Gasteiger partial charge in [-0.1, -0.05) is 40.0 Å². The summed E-state index contributed by atoms with van der Waals surface area (Å²) in [5.41, 5.74) is 6.42. The molecule has 4 atom stereocenters. The van der Waals surface area contributed by atoms with E-state index in [4.69, 9.17) is 10.5 Å². The Balaban J connectivity index is 1.94. The zero-order valence-corrected chi connectivity index (χ0v) is 13.2. The molecule has 2 aliphatic carbocycles. The van der Waals surface area contributed by atoms with Crippen LogP contribution < -0.4 is 5.73 Å². The van der Waals surface area contributed by atoms with Crippen LogP contribution in [-0.2, 0) is 4.74 Å². The van der Waals surface area contributed by atoms with Crippen molar-refractivity contribution in [2.75, 3.05) is 6.54 Å². The van der Waals surface area contributed by atoms with Gasteiger partial charge in [0.05, 0.1) is 12.2 Å². The summed E-state index contributed by atoms with van der Waals surface area (Å²) in [6.45, 7) is 7.97. The second-order valence-corrected chi connectivity index (χ2v) is 7.84. The Morgan fingerprint density at radius 3 is 2.53 bits per heavy atom. The fourth-order valence-corrected chi connectivity index (χ4v) is 4.41. The van der Waals surface area contributed by atoms with E-state index in [0.29, 0.717) is 23.5 Å². The topological polar surface area (TPSA) is 35.2 Å². The summed E-state index contributed by atoms with van der Waals surface area (Å²) >= 11 is 0. The zero-order valence-electron chi connectivity index (χ0n) is 13.2. The van der Waals surface area contributed by atoms with Gasteiger partial charge in [0, 0.05) is 0 Å². The third-order valence-corrected chi connectivity index (χ3v) is 5.11. The van der Waals surface area contributed by atoms with E-state index in [9.17, 15) is 0 Å². The Bertz CT molecular complexity index is 276. The fraction of sp³-hybridized carbons (Fsp3) is 1.00. The Hall–Kier alpha value is -0.0800. The van der Waals surface area contributed by atoms with E-state index >= 15 is 0 Å². The third kappa shape index (κ3) is 4.46. The lowest BCUT2D eigenvalue weighted by Gasteiger charge is -2.41. The van der Waals surface area contributed by atoms with Gasteiger partial charge in [-0.05, 0) is 55.9 Å².